The minimum atomic E-state index is -0.874. The van der Waals surface area contributed by atoms with Gasteiger partial charge in [-0.25, -0.2) is 0 Å². The van der Waals surface area contributed by atoms with Gasteiger partial charge in [0.25, 0.3) is 0 Å². The Balaban J connectivity index is 1.89. The van der Waals surface area contributed by atoms with Crippen LogP contribution in [0, 0.1) is 0 Å². The molecule has 1 aromatic rings. The van der Waals surface area contributed by atoms with Gasteiger partial charge >= 0.3 is 5.97 Å². The summed E-state index contributed by atoms with van der Waals surface area (Å²) in [5.41, 5.74) is 0. The number of hydrogen-bond donors (Lipinski definition) is 2. The maximum absolute atomic E-state index is 12.2. The van der Waals surface area contributed by atoms with Gasteiger partial charge < -0.3 is 10.4 Å². The Morgan fingerprint density at radius 2 is 2.14 bits per heavy atom. The van der Waals surface area contributed by atoms with Crippen molar-refractivity contribution in [2.45, 2.75) is 44.7 Å². The number of carbonyl (C=O) groups excluding carboxylic acids is 1. The summed E-state index contributed by atoms with van der Waals surface area (Å²) in [5, 5.41) is 13.9. The van der Waals surface area contributed by atoms with Crippen molar-refractivity contribution in [2.24, 2.45) is 0 Å². The molecule has 0 spiro atoms. The van der Waals surface area contributed by atoms with Crippen molar-refractivity contribution in [3.63, 3.8) is 0 Å². The SMILES string of the molecule is CC(NC(=O)CN(CC(=O)O)C1CCCC1)c1cccs1. The molecule has 1 aliphatic carbocycles. The number of nitrogens with zero attached hydrogens (tertiary/aromatic N) is 1. The molecule has 1 fully saturated rings. The highest BCUT2D eigenvalue weighted by atomic mass is 32.1. The first-order valence-electron chi connectivity index (χ1n) is 7.35. The second-order valence-corrected chi connectivity index (χ2v) is 6.52. The van der Waals surface area contributed by atoms with Gasteiger partial charge in [0.15, 0.2) is 0 Å². The predicted molar refractivity (Wildman–Crippen MR) is 82.3 cm³/mol. The molecule has 116 valence electrons. The topological polar surface area (TPSA) is 69.6 Å². The molecule has 1 aliphatic rings. The minimum absolute atomic E-state index is 0.0345. The van der Waals surface area contributed by atoms with Crippen LogP contribution in [0.3, 0.4) is 0 Å². The molecular formula is C15H22N2O3S. The molecule has 0 bridgehead atoms. The molecule has 1 heterocycles. The number of thiophene rings is 1. The number of hydrogen-bond acceptors (Lipinski definition) is 4. The lowest BCUT2D eigenvalue weighted by molar-refractivity contribution is -0.139. The average Bonchev–Trinajstić information content (AvgIpc) is 3.11. The first-order chi connectivity index (χ1) is 10.1. The Kier molecular flexibility index (Phi) is 5.76. The van der Waals surface area contributed by atoms with E-state index >= 15 is 0 Å². The second-order valence-electron chi connectivity index (χ2n) is 5.54. The fourth-order valence-electron chi connectivity index (χ4n) is 2.84. The lowest BCUT2D eigenvalue weighted by Gasteiger charge is -2.27. The van der Waals surface area contributed by atoms with E-state index in [1.807, 2.05) is 24.4 Å². The normalized spacial score (nSPS) is 17.0. The van der Waals surface area contributed by atoms with E-state index in [1.165, 1.54) is 0 Å². The second kappa shape index (κ2) is 7.56. The van der Waals surface area contributed by atoms with E-state index in [9.17, 15) is 9.59 Å². The van der Waals surface area contributed by atoms with Crippen molar-refractivity contribution < 1.29 is 14.7 Å². The molecule has 1 unspecified atom stereocenters. The third-order valence-corrected chi connectivity index (χ3v) is 4.93. The Morgan fingerprint density at radius 3 is 2.71 bits per heavy atom. The van der Waals surface area contributed by atoms with Crippen LogP contribution in [0.4, 0.5) is 0 Å². The smallest absolute Gasteiger partial charge is 0.317 e. The van der Waals surface area contributed by atoms with Crippen LogP contribution in [0.1, 0.15) is 43.5 Å². The number of aliphatic carboxylic acids is 1. The van der Waals surface area contributed by atoms with Gasteiger partial charge in [-0.2, -0.15) is 0 Å². The molecule has 2 rings (SSSR count). The van der Waals surface area contributed by atoms with Gasteiger partial charge in [-0.3, -0.25) is 14.5 Å². The molecular weight excluding hydrogens is 288 g/mol. The minimum Gasteiger partial charge on any atom is -0.480 e. The van der Waals surface area contributed by atoms with Crippen molar-refractivity contribution in [2.75, 3.05) is 13.1 Å². The van der Waals surface area contributed by atoms with E-state index in [-0.39, 0.29) is 31.1 Å². The third-order valence-electron chi connectivity index (χ3n) is 3.87. The molecule has 6 heteroatoms. The summed E-state index contributed by atoms with van der Waals surface area (Å²) < 4.78 is 0. The maximum atomic E-state index is 12.2. The standard InChI is InChI=1S/C15H22N2O3S/c1-11(13-7-4-8-21-13)16-14(18)9-17(10-15(19)20)12-5-2-3-6-12/h4,7-8,11-12H,2-3,5-6,9-10H2,1H3,(H,16,18)(H,19,20). The monoisotopic (exact) mass is 310 g/mol. The number of carboxylic acid groups (broad SMARTS) is 1. The number of carboxylic acids is 1. The number of carbonyl (C=O) groups is 2. The Labute approximate surface area is 129 Å². The van der Waals surface area contributed by atoms with Gasteiger partial charge in [-0.15, -0.1) is 11.3 Å². The lowest BCUT2D eigenvalue weighted by Crippen LogP contribution is -2.44. The van der Waals surface area contributed by atoms with Crippen molar-refractivity contribution >= 4 is 23.2 Å². The fraction of sp³-hybridized carbons (Fsp3) is 0.600. The molecule has 0 radical (unpaired) electrons. The zero-order valence-corrected chi connectivity index (χ0v) is 13.1. The molecule has 1 saturated carbocycles. The van der Waals surface area contributed by atoms with Crippen LogP contribution in [0.25, 0.3) is 0 Å². The summed E-state index contributed by atoms with van der Waals surface area (Å²) in [4.78, 5) is 26.0. The Morgan fingerprint density at radius 1 is 1.43 bits per heavy atom. The summed E-state index contributed by atoms with van der Waals surface area (Å²) in [6.45, 7) is 2.04. The Hall–Kier alpha value is -1.40. The van der Waals surface area contributed by atoms with Gasteiger partial charge in [0.1, 0.15) is 0 Å². The molecule has 0 aliphatic heterocycles. The molecule has 0 saturated heterocycles. The van der Waals surface area contributed by atoms with Gasteiger partial charge in [-0.05, 0) is 31.2 Å². The summed E-state index contributed by atoms with van der Waals surface area (Å²) in [5.74, 6) is -0.981. The lowest BCUT2D eigenvalue weighted by atomic mass is 10.2. The van der Waals surface area contributed by atoms with Crippen molar-refractivity contribution in [3.8, 4) is 0 Å². The highest BCUT2D eigenvalue weighted by Gasteiger charge is 2.26. The van der Waals surface area contributed by atoms with Gasteiger partial charge in [0.05, 0.1) is 19.1 Å². The van der Waals surface area contributed by atoms with Crippen LogP contribution in [0.5, 0.6) is 0 Å². The fourth-order valence-corrected chi connectivity index (χ4v) is 3.57. The average molecular weight is 310 g/mol. The molecule has 5 nitrogen and oxygen atoms in total. The zero-order valence-electron chi connectivity index (χ0n) is 12.2. The van der Waals surface area contributed by atoms with E-state index in [1.54, 1.807) is 16.2 Å². The number of rotatable bonds is 7. The Bertz CT molecular complexity index is 469. The highest BCUT2D eigenvalue weighted by Crippen LogP contribution is 2.23. The van der Waals surface area contributed by atoms with Crippen molar-refractivity contribution in [3.05, 3.63) is 22.4 Å². The molecule has 0 aromatic carbocycles. The van der Waals surface area contributed by atoms with Crippen LogP contribution in [-0.4, -0.2) is 41.0 Å². The summed E-state index contributed by atoms with van der Waals surface area (Å²) in [7, 11) is 0. The van der Waals surface area contributed by atoms with Crippen LogP contribution in [0.15, 0.2) is 17.5 Å². The summed E-state index contributed by atoms with van der Waals surface area (Å²) >= 11 is 1.61. The van der Waals surface area contributed by atoms with E-state index in [2.05, 4.69) is 5.32 Å². The molecule has 2 N–H and O–H groups in total. The zero-order chi connectivity index (χ0) is 15.2. The first-order valence-corrected chi connectivity index (χ1v) is 8.23. The van der Waals surface area contributed by atoms with Crippen LogP contribution >= 0.6 is 11.3 Å². The first kappa shape index (κ1) is 16.0. The third kappa shape index (κ3) is 4.82. The molecule has 1 atom stereocenters. The van der Waals surface area contributed by atoms with Crippen LogP contribution in [-0.2, 0) is 9.59 Å². The quantitative estimate of drug-likeness (QED) is 0.810. The van der Waals surface area contributed by atoms with Gasteiger partial charge in [-0.1, -0.05) is 18.9 Å². The largest absolute Gasteiger partial charge is 0.480 e. The molecule has 1 amide bonds. The van der Waals surface area contributed by atoms with Crippen molar-refractivity contribution in [1.82, 2.24) is 10.2 Å². The van der Waals surface area contributed by atoms with E-state index in [0.29, 0.717) is 0 Å². The van der Waals surface area contributed by atoms with Crippen molar-refractivity contribution in [1.29, 1.82) is 0 Å². The maximum Gasteiger partial charge on any atom is 0.317 e. The number of amides is 1. The molecule has 1 aromatic heterocycles. The van der Waals surface area contributed by atoms with Crippen LogP contribution in [0.2, 0.25) is 0 Å². The number of nitrogens with one attached hydrogen (secondary N) is 1. The predicted octanol–water partition coefficient (Wildman–Crippen LogP) is 2.25. The van der Waals surface area contributed by atoms with E-state index in [0.717, 1.165) is 30.6 Å². The molecule has 21 heavy (non-hydrogen) atoms. The van der Waals surface area contributed by atoms with Crippen LogP contribution < -0.4 is 5.32 Å². The van der Waals surface area contributed by atoms with E-state index in [4.69, 9.17) is 5.11 Å². The van der Waals surface area contributed by atoms with Gasteiger partial charge in [0.2, 0.25) is 5.91 Å². The van der Waals surface area contributed by atoms with E-state index < -0.39 is 5.97 Å². The summed E-state index contributed by atoms with van der Waals surface area (Å²) in [6.07, 6.45) is 4.21. The highest BCUT2D eigenvalue weighted by molar-refractivity contribution is 7.10. The summed E-state index contributed by atoms with van der Waals surface area (Å²) in [6, 6.07) is 4.14. The van der Waals surface area contributed by atoms with Gasteiger partial charge in [0, 0.05) is 10.9 Å².